The smallest absolute Gasteiger partial charge is 0.322 e. The van der Waals surface area contributed by atoms with Crippen molar-refractivity contribution in [3.63, 3.8) is 0 Å². The highest BCUT2D eigenvalue weighted by molar-refractivity contribution is 6.31. The lowest BCUT2D eigenvalue weighted by Crippen LogP contribution is -2.14. The summed E-state index contributed by atoms with van der Waals surface area (Å²) in [5.74, 6) is -0.520. The summed E-state index contributed by atoms with van der Waals surface area (Å²) >= 11 is 5.59. The molecule has 0 spiro atoms. The molecule has 0 aliphatic carbocycles. The molecule has 0 aliphatic heterocycles. The molecule has 0 bridgehead atoms. The van der Waals surface area contributed by atoms with E-state index in [9.17, 15) is 18.0 Å². The predicted molar refractivity (Wildman–Crippen MR) is 93.7 cm³/mol. The molecular formula is C18H15ClF3N3O. The van der Waals surface area contributed by atoms with Crippen LogP contribution in [0.1, 0.15) is 34.2 Å². The second-order valence-electron chi connectivity index (χ2n) is 5.79. The fourth-order valence-electron chi connectivity index (χ4n) is 2.70. The average molecular weight is 382 g/mol. The molecule has 4 nitrogen and oxygen atoms in total. The van der Waals surface area contributed by atoms with Crippen LogP contribution in [0.3, 0.4) is 0 Å². The molecule has 0 saturated heterocycles. The van der Waals surface area contributed by atoms with E-state index in [0.717, 1.165) is 29.9 Å². The molecular weight excluding hydrogens is 367 g/mol. The highest BCUT2D eigenvalue weighted by Crippen LogP contribution is 2.36. The Morgan fingerprint density at radius 1 is 1.27 bits per heavy atom. The molecule has 1 N–H and O–H groups in total. The molecule has 0 radical (unpaired) electrons. The van der Waals surface area contributed by atoms with Crippen LogP contribution in [0, 0.1) is 6.92 Å². The van der Waals surface area contributed by atoms with Gasteiger partial charge in [0.25, 0.3) is 5.91 Å². The number of aryl methyl sites for hydroxylation is 2. The van der Waals surface area contributed by atoms with Gasteiger partial charge in [0, 0.05) is 17.6 Å². The third-order valence-electron chi connectivity index (χ3n) is 4.08. The van der Waals surface area contributed by atoms with E-state index >= 15 is 0 Å². The van der Waals surface area contributed by atoms with Crippen LogP contribution in [0.5, 0.6) is 0 Å². The maximum Gasteiger partial charge on any atom is 0.417 e. The van der Waals surface area contributed by atoms with Gasteiger partial charge in [0.1, 0.15) is 5.65 Å². The number of pyridine rings is 1. The molecule has 2 heterocycles. The number of carbonyl (C=O) groups is 1. The number of anilines is 1. The average Bonchev–Trinajstić information content (AvgIpc) is 2.91. The second kappa shape index (κ2) is 6.64. The highest BCUT2D eigenvalue weighted by Gasteiger charge is 2.33. The van der Waals surface area contributed by atoms with Crippen molar-refractivity contribution in [2.45, 2.75) is 26.4 Å². The summed E-state index contributed by atoms with van der Waals surface area (Å²) < 4.78 is 40.6. The topological polar surface area (TPSA) is 46.4 Å². The fourth-order valence-corrected chi connectivity index (χ4v) is 2.93. The van der Waals surface area contributed by atoms with E-state index in [-0.39, 0.29) is 5.69 Å². The minimum atomic E-state index is -4.60. The molecule has 0 atom stereocenters. The molecule has 0 aliphatic rings. The van der Waals surface area contributed by atoms with E-state index in [4.69, 9.17) is 11.6 Å². The first-order valence-electron chi connectivity index (χ1n) is 7.86. The van der Waals surface area contributed by atoms with Gasteiger partial charge in [-0.2, -0.15) is 13.2 Å². The number of nitrogens with one attached hydrogen (secondary N) is 1. The summed E-state index contributed by atoms with van der Waals surface area (Å²) in [5.41, 5.74) is 1.89. The van der Waals surface area contributed by atoms with E-state index < -0.39 is 22.7 Å². The Kier molecular flexibility index (Phi) is 4.66. The zero-order valence-corrected chi connectivity index (χ0v) is 14.7. The van der Waals surface area contributed by atoms with Crippen molar-refractivity contribution in [1.82, 2.24) is 9.38 Å². The summed E-state index contributed by atoms with van der Waals surface area (Å²) in [4.78, 5) is 16.9. The Hall–Kier alpha value is -2.54. The van der Waals surface area contributed by atoms with E-state index in [1.165, 1.54) is 6.07 Å². The van der Waals surface area contributed by atoms with Gasteiger partial charge in [-0.3, -0.25) is 4.79 Å². The van der Waals surface area contributed by atoms with E-state index in [1.54, 1.807) is 22.7 Å². The van der Waals surface area contributed by atoms with Crippen molar-refractivity contribution in [1.29, 1.82) is 0 Å². The number of benzene rings is 1. The first-order chi connectivity index (χ1) is 12.2. The summed E-state index contributed by atoms with van der Waals surface area (Å²) in [7, 11) is 0. The maximum absolute atomic E-state index is 12.9. The Morgan fingerprint density at radius 2 is 2.00 bits per heavy atom. The third-order valence-corrected chi connectivity index (χ3v) is 4.41. The number of amides is 1. The first-order valence-corrected chi connectivity index (χ1v) is 8.24. The Morgan fingerprint density at radius 3 is 2.65 bits per heavy atom. The zero-order chi connectivity index (χ0) is 19.1. The second-order valence-corrected chi connectivity index (χ2v) is 6.20. The lowest BCUT2D eigenvalue weighted by Gasteiger charge is -2.12. The van der Waals surface area contributed by atoms with Crippen LogP contribution in [0.15, 0.2) is 36.5 Å². The number of alkyl halides is 3. The number of rotatable bonds is 3. The molecule has 1 aromatic carbocycles. The minimum absolute atomic E-state index is 0.0171. The SMILES string of the molecule is CCc1nc2ccc(C(=O)Nc3ccc(Cl)c(C(F)(F)F)c3)cn2c1C. The Balaban J connectivity index is 1.91. The predicted octanol–water partition coefficient (Wildman–Crippen LogP) is 5.13. The minimum Gasteiger partial charge on any atom is -0.322 e. The summed E-state index contributed by atoms with van der Waals surface area (Å²) in [6, 6.07) is 6.53. The summed E-state index contributed by atoms with van der Waals surface area (Å²) in [6.45, 7) is 3.89. The number of imidazole rings is 1. The van der Waals surface area contributed by atoms with Gasteiger partial charge < -0.3 is 9.72 Å². The highest BCUT2D eigenvalue weighted by atomic mass is 35.5. The molecule has 136 valence electrons. The van der Waals surface area contributed by atoms with E-state index in [1.807, 2.05) is 13.8 Å². The molecule has 0 unspecified atom stereocenters. The third kappa shape index (κ3) is 3.39. The van der Waals surface area contributed by atoms with Gasteiger partial charge in [0.15, 0.2) is 0 Å². The number of nitrogens with zero attached hydrogens (tertiary/aromatic N) is 2. The molecule has 0 saturated carbocycles. The van der Waals surface area contributed by atoms with Gasteiger partial charge in [-0.05, 0) is 43.7 Å². The molecule has 0 fully saturated rings. The van der Waals surface area contributed by atoms with Gasteiger partial charge >= 0.3 is 6.18 Å². The van der Waals surface area contributed by atoms with Gasteiger partial charge in [-0.15, -0.1) is 0 Å². The quantitative estimate of drug-likeness (QED) is 0.683. The first kappa shape index (κ1) is 18.3. The van der Waals surface area contributed by atoms with Crippen LogP contribution in [0.2, 0.25) is 5.02 Å². The zero-order valence-electron chi connectivity index (χ0n) is 14.0. The van der Waals surface area contributed by atoms with Crippen LogP contribution in [-0.4, -0.2) is 15.3 Å². The number of aromatic nitrogens is 2. The number of hydrogen-bond acceptors (Lipinski definition) is 2. The van der Waals surface area contributed by atoms with Gasteiger partial charge in [0.05, 0.1) is 21.8 Å². The molecule has 8 heteroatoms. The molecule has 3 aromatic rings. The lowest BCUT2D eigenvalue weighted by atomic mass is 10.2. The van der Waals surface area contributed by atoms with Crippen LogP contribution >= 0.6 is 11.6 Å². The van der Waals surface area contributed by atoms with Crippen LogP contribution in [-0.2, 0) is 12.6 Å². The van der Waals surface area contributed by atoms with Gasteiger partial charge in [0.2, 0.25) is 0 Å². The largest absolute Gasteiger partial charge is 0.417 e. The van der Waals surface area contributed by atoms with Crippen molar-refractivity contribution in [2.75, 3.05) is 5.32 Å². The van der Waals surface area contributed by atoms with Crippen molar-refractivity contribution >= 4 is 28.8 Å². The standard InChI is InChI=1S/C18H15ClF3N3O/c1-3-15-10(2)25-9-11(4-7-16(25)24-15)17(26)23-12-5-6-14(19)13(8-12)18(20,21)22/h4-9H,3H2,1-2H3,(H,23,26). The normalized spacial score (nSPS) is 11.8. The van der Waals surface area contributed by atoms with Crippen molar-refractivity contribution < 1.29 is 18.0 Å². The monoisotopic (exact) mass is 381 g/mol. The number of halogens is 4. The Labute approximate surface area is 152 Å². The van der Waals surface area contributed by atoms with Crippen molar-refractivity contribution in [3.05, 3.63) is 64.1 Å². The number of carbonyl (C=O) groups excluding carboxylic acids is 1. The molecule has 26 heavy (non-hydrogen) atoms. The molecule has 3 rings (SSSR count). The lowest BCUT2D eigenvalue weighted by molar-refractivity contribution is -0.137. The molecule has 2 aromatic heterocycles. The van der Waals surface area contributed by atoms with Crippen molar-refractivity contribution in [2.24, 2.45) is 0 Å². The van der Waals surface area contributed by atoms with Crippen molar-refractivity contribution in [3.8, 4) is 0 Å². The van der Waals surface area contributed by atoms with E-state index in [0.29, 0.717) is 11.2 Å². The Bertz CT molecular complexity index is 995. The number of hydrogen-bond donors (Lipinski definition) is 1. The van der Waals surface area contributed by atoms with Crippen LogP contribution in [0.25, 0.3) is 5.65 Å². The number of fused-ring (bicyclic) bond motifs is 1. The van der Waals surface area contributed by atoms with Crippen LogP contribution < -0.4 is 5.32 Å². The van der Waals surface area contributed by atoms with Gasteiger partial charge in [-0.1, -0.05) is 18.5 Å². The van der Waals surface area contributed by atoms with Crippen LogP contribution in [0.4, 0.5) is 18.9 Å². The molecule has 1 amide bonds. The van der Waals surface area contributed by atoms with Gasteiger partial charge in [-0.25, -0.2) is 4.98 Å². The fraction of sp³-hybridized carbons (Fsp3) is 0.222. The summed E-state index contributed by atoms with van der Waals surface area (Å²) in [5, 5.41) is 2.05. The summed E-state index contributed by atoms with van der Waals surface area (Å²) in [6.07, 6.45) is -2.21. The maximum atomic E-state index is 12.9. The van der Waals surface area contributed by atoms with E-state index in [2.05, 4.69) is 10.3 Å².